The molecule has 0 fully saturated rings. The molecule has 0 radical (unpaired) electrons. The minimum Gasteiger partial charge on any atom is -0.481 e. The summed E-state index contributed by atoms with van der Waals surface area (Å²) in [5.41, 5.74) is 3.61. The maximum Gasteiger partial charge on any atom is 0.261 e. The molecule has 0 unspecified atom stereocenters. The van der Waals surface area contributed by atoms with Crippen molar-refractivity contribution in [2.24, 2.45) is 0 Å². The molecule has 2 rings (SSSR count). The van der Waals surface area contributed by atoms with Crippen molar-refractivity contribution >= 4 is 17.5 Å². The van der Waals surface area contributed by atoms with Crippen LogP contribution in [0.4, 0.5) is 0 Å². The number of carbonyl (C=O) groups excluding carboxylic acids is 1. The van der Waals surface area contributed by atoms with Crippen molar-refractivity contribution in [2.45, 2.75) is 52.7 Å². The first-order valence-electron chi connectivity index (χ1n) is 8.74. The fourth-order valence-corrected chi connectivity index (χ4v) is 2.79. The Labute approximate surface area is 155 Å². The van der Waals surface area contributed by atoms with Crippen molar-refractivity contribution in [1.29, 1.82) is 0 Å². The van der Waals surface area contributed by atoms with E-state index >= 15 is 0 Å². The van der Waals surface area contributed by atoms with Gasteiger partial charge in [-0.25, -0.2) is 0 Å². The third kappa shape index (κ3) is 5.23. The molecule has 0 spiro atoms. The van der Waals surface area contributed by atoms with Crippen molar-refractivity contribution < 1.29 is 9.53 Å². The number of nitrogens with one attached hydrogen (secondary N) is 1. The van der Waals surface area contributed by atoms with Gasteiger partial charge in [0.25, 0.3) is 5.91 Å². The number of rotatable bonds is 7. The van der Waals surface area contributed by atoms with Crippen LogP contribution in [-0.2, 0) is 4.79 Å². The number of carbonyl (C=O) groups is 1. The van der Waals surface area contributed by atoms with Gasteiger partial charge in [0, 0.05) is 5.02 Å². The molecule has 2 aromatic carbocycles. The first-order valence-corrected chi connectivity index (χ1v) is 9.12. The molecule has 0 bridgehead atoms. The second-order valence-corrected chi connectivity index (χ2v) is 6.72. The minimum absolute atomic E-state index is 0.0188. The molecule has 134 valence electrons. The standard InChI is InChI=1S/C21H26ClNO2/c1-5-19(16-8-7-14(3)15(4)13-16)23-21(24)20(6-2)25-18-11-9-17(22)10-12-18/h7-13,19-20H,5-6H2,1-4H3,(H,23,24)/t19-,20+/m1/s1. The van der Waals surface area contributed by atoms with E-state index < -0.39 is 6.10 Å². The van der Waals surface area contributed by atoms with Crippen LogP contribution in [0.5, 0.6) is 5.75 Å². The summed E-state index contributed by atoms with van der Waals surface area (Å²) in [6.45, 7) is 8.19. The van der Waals surface area contributed by atoms with E-state index in [-0.39, 0.29) is 11.9 Å². The van der Waals surface area contributed by atoms with Crippen molar-refractivity contribution in [1.82, 2.24) is 5.32 Å². The van der Waals surface area contributed by atoms with Crippen LogP contribution in [0.2, 0.25) is 5.02 Å². The van der Waals surface area contributed by atoms with Crippen molar-refractivity contribution in [2.75, 3.05) is 0 Å². The van der Waals surface area contributed by atoms with Crippen LogP contribution in [0.25, 0.3) is 0 Å². The van der Waals surface area contributed by atoms with Crippen LogP contribution in [0.15, 0.2) is 42.5 Å². The summed E-state index contributed by atoms with van der Waals surface area (Å²) in [5.74, 6) is 0.549. The molecule has 1 amide bonds. The van der Waals surface area contributed by atoms with Gasteiger partial charge in [0.15, 0.2) is 6.10 Å². The lowest BCUT2D eigenvalue weighted by Gasteiger charge is -2.23. The van der Waals surface area contributed by atoms with Gasteiger partial charge >= 0.3 is 0 Å². The second kappa shape index (κ2) is 8.91. The lowest BCUT2D eigenvalue weighted by molar-refractivity contribution is -0.128. The lowest BCUT2D eigenvalue weighted by Crippen LogP contribution is -2.40. The third-order valence-electron chi connectivity index (χ3n) is 4.41. The zero-order valence-electron chi connectivity index (χ0n) is 15.3. The van der Waals surface area contributed by atoms with Crippen LogP contribution in [-0.4, -0.2) is 12.0 Å². The van der Waals surface area contributed by atoms with Gasteiger partial charge in [-0.15, -0.1) is 0 Å². The highest BCUT2D eigenvalue weighted by atomic mass is 35.5. The average Bonchev–Trinajstić information content (AvgIpc) is 2.61. The number of aryl methyl sites for hydroxylation is 2. The van der Waals surface area contributed by atoms with Gasteiger partial charge in [-0.2, -0.15) is 0 Å². The molecule has 25 heavy (non-hydrogen) atoms. The van der Waals surface area contributed by atoms with Gasteiger partial charge in [-0.05, 0) is 67.6 Å². The SMILES string of the molecule is CC[C@H](Oc1ccc(Cl)cc1)C(=O)N[C@H](CC)c1ccc(C)c(C)c1. The van der Waals surface area contributed by atoms with Crippen LogP contribution in [0.1, 0.15) is 49.4 Å². The molecule has 2 aromatic rings. The van der Waals surface area contributed by atoms with E-state index in [1.807, 2.05) is 6.92 Å². The molecular formula is C21H26ClNO2. The Morgan fingerprint density at radius 1 is 1.04 bits per heavy atom. The third-order valence-corrected chi connectivity index (χ3v) is 4.67. The second-order valence-electron chi connectivity index (χ2n) is 6.28. The Morgan fingerprint density at radius 2 is 1.72 bits per heavy atom. The predicted octanol–water partition coefficient (Wildman–Crippen LogP) is 5.38. The summed E-state index contributed by atoms with van der Waals surface area (Å²) < 4.78 is 5.83. The van der Waals surface area contributed by atoms with E-state index in [0.717, 1.165) is 12.0 Å². The zero-order valence-corrected chi connectivity index (χ0v) is 16.1. The summed E-state index contributed by atoms with van der Waals surface area (Å²) in [4.78, 5) is 12.7. The van der Waals surface area contributed by atoms with E-state index in [1.165, 1.54) is 11.1 Å². The van der Waals surface area contributed by atoms with E-state index in [2.05, 4.69) is 44.3 Å². The maximum atomic E-state index is 12.7. The van der Waals surface area contributed by atoms with Gasteiger partial charge in [-0.3, -0.25) is 4.79 Å². The summed E-state index contributed by atoms with van der Waals surface area (Å²) in [7, 11) is 0. The number of halogens is 1. The monoisotopic (exact) mass is 359 g/mol. The average molecular weight is 360 g/mol. The Hall–Kier alpha value is -2.00. The molecule has 4 heteroatoms. The lowest BCUT2D eigenvalue weighted by atomic mass is 9.99. The van der Waals surface area contributed by atoms with Crippen LogP contribution in [0.3, 0.4) is 0 Å². The molecule has 0 aromatic heterocycles. The van der Waals surface area contributed by atoms with Gasteiger partial charge in [0.1, 0.15) is 5.75 Å². The van der Waals surface area contributed by atoms with E-state index in [1.54, 1.807) is 24.3 Å². The first-order chi connectivity index (χ1) is 11.9. The molecule has 3 nitrogen and oxygen atoms in total. The van der Waals surface area contributed by atoms with Crippen molar-refractivity contribution in [3.8, 4) is 5.75 Å². The zero-order chi connectivity index (χ0) is 18.4. The Balaban J connectivity index is 2.08. The molecular weight excluding hydrogens is 334 g/mol. The van der Waals surface area contributed by atoms with E-state index in [0.29, 0.717) is 17.2 Å². The molecule has 0 heterocycles. The molecule has 0 saturated carbocycles. The number of benzene rings is 2. The van der Waals surface area contributed by atoms with Crippen LogP contribution in [0, 0.1) is 13.8 Å². The predicted molar refractivity (Wildman–Crippen MR) is 103 cm³/mol. The van der Waals surface area contributed by atoms with Crippen molar-refractivity contribution in [3.63, 3.8) is 0 Å². The van der Waals surface area contributed by atoms with Crippen molar-refractivity contribution in [3.05, 3.63) is 64.2 Å². The van der Waals surface area contributed by atoms with E-state index in [4.69, 9.17) is 16.3 Å². The quantitative estimate of drug-likeness (QED) is 0.720. The van der Waals surface area contributed by atoms with Crippen LogP contribution < -0.4 is 10.1 Å². The van der Waals surface area contributed by atoms with Gasteiger partial charge < -0.3 is 10.1 Å². The minimum atomic E-state index is -0.526. The van der Waals surface area contributed by atoms with Crippen LogP contribution >= 0.6 is 11.6 Å². The van der Waals surface area contributed by atoms with Gasteiger partial charge in [0.05, 0.1) is 6.04 Å². The molecule has 0 aliphatic rings. The van der Waals surface area contributed by atoms with Gasteiger partial charge in [0.2, 0.25) is 0 Å². The molecule has 0 aliphatic carbocycles. The molecule has 2 atom stereocenters. The van der Waals surface area contributed by atoms with E-state index in [9.17, 15) is 4.79 Å². The summed E-state index contributed by atoms with van der Waals surface area (Å²) in [6.07, 6.45) is 0.894. The highest BCUT2D eigenvalue weighted by Gasteiger charge is 2.22. The maximum absolute atomic E-state index is 12.7. The topological polar surface area (TPSA) is 38.3 Å². The number of hydrogen-bond donors (Lipinski definition) is 1. The normalized spacial score (nSPS) is 13.2. The smallest absolute Gasteiger partial charge is 0.261 e. The molecule has 0 saturated heterocycles. The Kier molecular flexibility index (Phi) is 6.89. The number of hydrogen-bond acceptors (Lipinski definition) is 2. The fraction of sp³-hybridized carbons (Fsp3) is 0.381. The highest BCUT2D eigenvalue weighted by Crippen LogP contribution is 2.21. The highest BCUT2D eigenvalue weighted by molar-refractivity contribution is 6.30. The first kappa shape index (κ1) is 19.3. The summed E-state index contributed by atoms with van der Waals surface area (Å²) in [6, 6.07) is 13.4. The summed E-state index contributed by atoms with van der Waals surface area (Å²) >= 11 is 5.89. The Bertz CT molecular complexity index is 712. The summed E-state index contributed by atoms with van der Waals surface area (Å²) in [5, 5.41) is 3.77. The molecule has 1 N–H and O–H groups in total. The molecule has 0 aliphatic heterocycles. The number of ether oxygens (including phenoxy) is 1. The fourth-order valence-electron chi connectivity index (χ4n) is 2.67. The van der Waals surface area contributed by atoms with Gasteiger partial charge in [-0.1, -0.05) is 43.6 Å². The largest absolute Gasteiger partial charge is 0.481 e. The number of amides is 1. The Morgan fingerprint density at radius 3 is 2.28 bits per heavy atom.